The molecule has 0 unspecified atom stereocenters. The molecule has 26 heavy (non-hydrogen) atoms. The van der Waals surface area contributed by atoms with E-state index in [9.17, 15) is 4.79 Å². The third-order valence-electron chi connectivity index (χ3n) is 5.92. The summed E-state index contributed by atoms with van der Waals surface area (Å²) in [6.07, 6.45) is 9.44. The second-order valence-electron chi connectivity index (χ2n) is 7.85. The Hall–Kier alpha value is -1.69. The van der Waals surface area contributed by atoms with Gasteiger partial charge in [0.1, 0.15) is 17.7 Å². The monoisotopic (exact) mass is 358 g/mol. The number of aromatic nitrogens is 2. The summed E-state index contributed by atoms with van der Waals surface area (Å²) in [5.41, 5.74) is 2.32. The smallest absolute Gasteiger partial charge is 0.251 e. The van der Waals surface area contributed by atoms with Crippen molar-refractivity contribution in [3.05, 3.63) is 17.1 Å². The molecule has 2 fully saturated rings. The number of carbonyl (C=O) groups is 1. The summed E-state index contributed by atoms with van der Waals surface area (Å²) in [4.78, 5) is 24.2. The van der Waals surface area contributed by atoms with Crippen molar-refractivity contribution >= 4 is 11.7 Å². The highest BCUT2D eigenvalue weighted by atomic mass is 16.5. The molecule has 142 valence electrons. The van der Waals surface area contributed by atoms with E-state index in [4.69, 9.17) is 14.7 Å². The van der Waals surface area contributed by atoms with E-state index in [1.54, 1.807) is 0 Å². The van der Waals surface area contributed by atoms with Gasteiger partial charge in [0, 0.05) is 37.7 Å². The van der Waals surface area contributed by atoms with Gasteiger partial charge < -0.3 is 15.0 Å². The summed E-state index contributed by atoms with van der Waals surface area (Å²) < 4.78 is 5.71. The molecule has 1 saturated carbocycles. The van der Waals surface area contributed by atoms with Crippen molar-refractivity contribution in [3.63, 3.8) is 0 Å². The van der Waals surface area contributed by atoms with Crippen molar-refractivity contribution in [2.75, 3.05) is 25.0 Å². The van der Waals surface area contributed by atoms with Gasteiger partial charge in [0.15, 0.2) is 0 Å². The van der Waals surface area contributed by atoms with Crippen LogP contribution in [0.15, 0.2) is 0 Å². The van der Waals surface area contributed by atoms with E-state index in [1.807, 2.05) is 11.8 Å². The van der Waals surface area contributed by atoms with Gasteiger partial charge in [-0.3, -0.25) is 4.79 Å². The number of nitrogens with zero attached hydrogens (tertiary/aromatic N) is 3. The fourth-order valence-electron chi connectivity index (χ4n) is 4.47. The molecule has 1 amide bonds. The van der Waals surface area contributed by atoms with Gasteiger partial charge >= 0.3 is 0 Å². The molecule has 6 heteroatoms. The molecule has 1 aromatic heterocycles. The van der Waals surface area contributed by atoms with E-state index in [-0.39, 0.29) is 12.0 Å². The number of hydrogen-bond donors (Lipinski definition) is 1. The molecule has 0 radical (unpaired) electrons. The van der Waals surface area contributed by atoms with Crippen molar-refractivity contribution in [2.24, 2.45) is 0 Å². The largest absolute Gasteiger partial charge is 0.368 e. The lowest BCUT2D eigenvalue weighted by molar-refractivity contribution is -0.146. The van der Waals surface area contributed by atoms with Crippen LogP contribution in [0.25, 0.3) is 0 Å². The Balaban J connectivity index is 1.48. The number of carbonyl (C=O) groups excluding carboxylic acids is 1. The average molecular weight is 358 g/mol. The average Bonchev–Trinajstić information content (AvgIpc) is 3.07. The molecular formula is C20H30N4O2. The number of ether oxygens (including phenoxy) is 1. The zero-order chi connectivity index (χ0) is 17.9. The predicted molar refractivity (Wildman–Crippen MR) is 100 cm³/mol. The SMILES string of the molecule is Cc1nc2c(c(NC3CCCC3)n1)CCN(C(=O)[C@@H]1CCCCO1)CC2. The van der Waals surface area contributed by atoms with Crippen LogP contribution in [0, 0.1) is 6.92 Å². The number of anilines is 1. The molecule has 3 aliphatic rings. The van der Waals surface area contributed by atoms with Gasteiger partial charge in [0.25, 0.3) is 5.91 Å². The molecule has 0 bridgehead atoms. The number of amides is 1. The van der Waals surface area contributed by atoms with Crippen molar-refractivity contribution in [3.8, 4) is 0 Å². The number of aryl methyl sites for hydroxylation is 1. The third-order valence-corrected chi connectivity index (χ3v) is 5.92. The van der Waals surface area contributed by atoms with Gasteiger partial charge in [0.2, 0.25) is 0 Å². The third kappa shape index (κ3) is 3.85. The van der Waals surface area contributed by atoms with E-state index < -0.39 is 0 Å². The minimum Gasteiger partial charge on any atom is -0.368 e. The summed E-state index contributed by atoms with van der Waals surface area (Å²) in [7, 11) is 0. The molecule has 0 aromatic carbocycles. The summed E-state index contributed by atoms with van der Waals surface area (Å²) in [6, 6.07) is 0.532. The zero-order valence-electron chi connectivity index (χ0n) is 15.8. The number of fused-ring (bicyclic) bond motifs is 1. The van der Waals surface area contributed by atoms with Gasteiger partial charge in [-0.2, -0.15) is 0 Å². The summed E-state index contributed by atoms with van der Waals surface area (Å²) in [5, 5.41) is 3.67. The van der Waals surface area contributed by atoms with E-state index in [1.165, 1.54) is 31.2 Å². The molecule has 6 nitrogen and oxygen atoms in total. The second-order valence-corrected chi connectivity index (χ2v) is 7.85. The molecule has 1 N–H and O–H groups in total. The van der Waals surface area contributed by atoms with E-state index in [2.05, 4.69) is 5.32 Å². The van der Waals surface area contributed by atoms with Crippen molar-refractivity contribution in [2.45, 2.75) is 76.9 Å². The maximum atomic E-state index is 12.8. The molecule has 4 rings (SSSR count). The van der Waals surface area contributed by atoms with E-state index >= 15 is 0 Å². The molecule has 1 aromatic rings. The Bertz CT molecular complexity index is 651. The van der Waals surface area contributed by atoms with E-state index in [0.29, 0.717) is 12.6 Å². The standard InChI is InChI=1S/C20H30N4O2/c1-14-21-17-10-12-24(20(25)18-8-4-5-13-26-18)11-9-16(17)19(22-14)23-15-6-2-3-7-15/h15,18H,2-13H2,1H3,(H,21,22,23)/t18-/m0/s1. The van der Waals surface area contributed by atoms with Crippen LogP contribution in [0.3, 0.4) is 0 Å². The van der Waals surface area contributed by atoms with Crippen LogP contribution < -0.4 is 5.32 Å². The highest BCUT2D eigenvalue weighted by Gasteiger charge is 2.29. The predicted octanol–water partition coefficient (Wildman–Crippen LogP) is 2.64. The fourth-order valence-corrected chi connectivity index (χ4v) is 4.47. The van der Waals surface area contributed by atoms with Gasteiger partial charge in [-0.05, 0) is 45.4 Å². The molecule has 1 atom stereocenters. The van der Waals surface area contributed by atoms with Gasteiger partial charge in [-0.1, -0.05) is 12.8 Å². The molecule has 2 aliphatic heterocycles. The Morgan fingerprint density at radius 2 is 1.85 bits per heavy atom. The Morgan fingerprint density at radius 1 is 1.08 bits per heavy atom. The maximum absolute atomic E-state index is 12.8. The topological polar surface area (TPSA) is 67.4 Å². The Morgan fingerprint density at radius 3 is 2.62 bits per heavy atom. The second kappa shape index (κ2) is 7.91. The maximum Gasteiger partial charge on any atom is 0.251 e. The van der Waals surface area contributed by atoms with Crippen molar-refractivity contribution in [1.82, 2.24) is 14.9 Å². The Kier molecular flexibility index (Phi) is 5.38. The zero-order valence-corrected chi connectivity index (χ0v) is 15.8. The lowest BCUT2D eigenvalue weighted by atomic mass is 10.1. The van der Waals surface area contributed by atoms with Crippen LogP contribution in [0.5, 0.6) is 0 Å². The minimum atomic E-state index is -0.242. The van der Waals surface area contributed by atoms with Gasteiger partial charge in [-0.15, -0.1) is 0 Å². The Labute approximate surface area is 155 Å². The molecule has 1 aliphatic carbocycles. The van der Waals surface area contributed by atoms with Gasteiger partial charge in [0.05, 0.1) is 5.69 Å². The van der Waals surface area contributed by atoms with Crippen LogP contribution in [0.4, 0.5) is 5.82 Å². The first-order chi connectivity index (χ1) is 12.7. The number of nitrogens with one attached hydrogen (secondary N) is 1. The first kappa shape index (κ1) is 17.7. The quantitative estimate of drug-likeness (QED) is 0.900. The van der Waals surface area contributed by atoms with Crippen molar-refractivity contribution < 1.29 is 9.53 Å². The summed E-state index contributed by atoms with van der Waals surface area (Å²) in [6.45, 7) is 4.14. The molecular weight excluding hydrogens is 328 g/mol. The van der Waals surface area contributed by atoms with Crippen LogP contribution in [-0.4, -0.2) is 52.6 Å². The lowest BCUT2D eigenvalue weighted by Gasteiger charge is -2.28. The molecule has 1 saturated heterocycles. The number of hydrogen-bond acceptors (Lipinski definition) is 5. The first-order valence-electron chi connectivity index (χ1n) is 10.2. The highest BCUT2D eigenvalue weighted by Crippen LogP contribution is 2.27. The van der Waals surface area contributed by atoms with Gasteiger partial charge in [-0.25, -0.2) is 9.97 Å². The van der Waals surface area contributed by atoms with E-state index in [0.717, 1.165) is 62.5 Å². The first-order valence-corrected chi connectivity index (χ1v) is 10.2. The molecule has 3 heterocycles. The molecule has 0 spiro atoms. The van der Waals surface area contributed by atoms with Crippen LogP contribution in [0.1, 0.15) is 62.0 Å². The van der Waals surface area contributed by atoms with Crippen molar-refractivity contribution in [1.29, 1.82) is 0 Å². The summed E-state index contributed by atoms with van der Waals surface area (Å²) >= 11 is 0. The highest BCUT2D eigenvalue weighted by molar-refractivity contribution is 5.81. The van der Waals surface area contributed by atoms with Crippen LogP contribution >= 0.6 is 0 Å². The van der Waals surface area contributed by atoms with Crippen LogP contribution in [0.2, 0.25) is 0 Å². The summed E-state index contributed by atoms with van der Waals surface area (Å²) in [5.74, 6) is 1.98. The van der Waals surface area contributed by atoms with Crippen LogP contribution in [-0.2, 0) is 22.4 Å². The normalized spacial score (nSPS) is 24.2. The minimum absolute atomic E-state index is 0.160. The fraction of sp³-hybridized carbons (Fsp3) is 0.750. The lowest BCUT2D eigenvalue weighted by Crippen LogP contribution is -2.43. The number of rotatable bonds is 3.